The van der Waals surface area contributed by atoms with E-state index < -0.39 is 0 Å². The van der Waals surface area contributed by atoms with Crippen LogP contribution in [0, 0.1) is 5.92 Å². The lowest BCUT2D eigenvalue weighted by Crippen LogP contribution is -2.40. The molecule has 0 saturated carbocycles. The maximum absolute atomic E-state index is 13.0. The summed E-state index contributed by atoms with van der Waals surface area (Å²) in [6, 6.07) is 5.62. The third kappa shape index (κ3) is 3.75. The van der Waals surface area contributed by atoms with Gasteiger partial charge in [-0.2, -0.15) is 0 Å². The minimum Gasteiger partial charge on any atom is -0.295 e. The highest BCUT2D eigenvalue weighted by Gasteiger charge is 2.28. The number of fused-ring (bicyclic) bond motifs is 1. The Morgan fingerprint density at radius 1 is 1.36 bits per heavy atom. The third-order valence-corrected chi connectivity index (χ3v) is 5.49. The van der Waals surface area contributed by atoms with Gasteiger partial charge in [0.15, 0.2) is 0 Å². The normalized spacial score (nSPS) is 20.1. The molecule has 5 heteroatoms. The summed E-state index contributed by atoms with van der Waals surface area (Å²) < 4.78 is 1.85. The van der Waals surface area contributed by atoms with E-state index in [0.717, 1.165) is 37.3 Å². The SMILES string of the molecule is CCC[C@@H](c1nc2ccc(Cl)cc2c(=O)n1CC)N1CCC[C@H](C)C1. The Hall–Kier alpha value is -1.39. The Balaban J connectivity index is 2.13. The van der Waals surface area contributed by atoms with Crippen molar-refractivity contribution >= 4 is 22.5 Å². The van der Waals surface area contributed by atoms with Crippen LogP contribution >= 0.6 is 11.6 Å². The zero-order valence-corrected chi connectivity index (χ0v) is 16.2. The van der Waals surface area contributed by atoms with E-state index in [-0.39, 0.29) is 11.6 Å². The molecular formula is C20H28ClN3O. The zero-order valence-electron chi connectivity index (χ0n) is 15.5. The number of benzene rings is 1. The molecule has 4 nitrogen and oxygen atoms in total. The van der Waals surface area contributed by atoms with Gasteiger partial charge < -0.3 is 0 Å². The van der Waals surface area contributed by atoms with Crippen molar-refractivity contribution in [2.24, 2.45) is 5.92 Å². The molecule has 2 heterocycles. The number of aromatic nitrogens is 2. The molecule has 136 valence electrons. The molecule has 0 spiro atoms. The van der Waals surface area contributed by atoms with Crippen molar-refractivity contribution in [3.8, 4) is 0 Å². The molecule has 1 aliphatic rings. The van der Waals surface area contributed by atoms with Gasteiger partial charge in [0, 0.05) is 18.1 Å². The second-order valence-corrected chi connectivity index (χ2v) is 7.66. The molecule has 0 N–H and O–H groups in total. The third-order valence-electron chi connectivity index (χ3n) is 5.25. The van der Waals surface area contributed by atoms with Gasteiger partial charge in [-0.05, 0) is 56.8 Å². The summed E-state index contributed by atoms with van der Waals surface area (Å²) >= 11 is 6.09. The Bertz CT molecular complexity index is 801. The van der Waals surface area contributed by atoms with Gasteiger partial charge in [0.2, 0.25) is 0 Å². The van der Waals surface area contributed by atoms with Gasteiger partial charge >= 0.3 is 0 Å². The molecule has 1 aliphatic heterocycles. The van der Waals surface area contributed by atoms with Crippen LogP contribution in [0.3, 0.4) is 0 Å². The van der Waals surface area contributed by atoms with Crippen molar-refractivity contribution in [2.75, 3.05) is 13.1 Å². The standard InChI is InChI=1S/C20H28ClN3O/c1-4-7-18(23-11-6-8-14(3)13-23)19-22-17-10-9-15(21)12-16(17)20(25)24(19)5-2/h9-10,12,14,18H,4-8,11,13H2,1-3H3/t14-,18-/m0/s1. The highest BCUT2D eigenvalue weighted by atomic mass is 35.5. The molecular weight excluding hydrogens is 334 g/mol. The first-order chi connectivity index (χ1) is 12.0. The van der Waals surface area contributed by atoms with E-state index >= 15 is 0 Å². The molecule has 2 aromatic rings. The van der Waals surface area contributed by atoms with Gasteiger partial charge in [-0.1, -0.05) is 31.9 Å². The number of likely N-dealkylation sites (tertiary alicyclic amines) is 1. The van der Waals surface area contributed by atoms with Gasteiger partial charge in [0.1, 0.15) is 5.82 Å². The van der Waals surface area contributed by atoms with Crippen LogP contribution in [0.5, 0.6) is 0 Å². The van der Waals surface area contributed by atoms with Crippen LogP contribution in [-0.2, 0) is 6.54 Å². The molecule has 1 fully saturated rings. The van der Waals surface area contributed by atoms with Crippen molar-refractivity contribution in [3.63, 3.8) is 0 Å². The highest BCUT2D eigenvalue weighted by Crippen LogP contribution is 2.30. The molecule has 0 unspecified atom stereocenters. The molecule has 2 atom stereocenters. The maximum Gasteiger partial charge on any atom is 0.261 e. The summed E-state index contributed by atoms with van der Waals surface area (Å²) in [7, 11) is 0. The molecule has 3 rings (SSSR count). The monoisotopic (exact) mass is 361 g/mol. The molecule has 1 saturated heterocycles. The lowest BCUT2D eigenvalue weighted by atomic mass is 9.97. The first-order valence-corrected chi connectivity index (χ1v) is 9.87. The smallest absolute Gasteiger partial charge is 0.261 e. The fraction of sp³-hybridized carbons (Fsp3) is 0.600. The summed E-state index contributed by atoms with van der Waals surface area (Å²) in [5, 5.41) is 1.19. The Labute approximate surface area is 154 Å². The summed E-state index contributed by atoms with van der Waals surface area (Å²) in [4.78, 5) is 20.5. The van der Waals surface area contributed by atoms with Crippen LogP contribution in [0.4, 0.5) is 0 Å². The average Bonchev–Trinajstić information content (AvgIpc) is 2.60. The van der Waals surface area contributed by atoms with Gasteiger partial charge in [-0.25, -0.2) is 4.98 Å². The topological polar surface area (TPSA) is 38.1 Å². The number of halogens is 1. The van der Waals surface area contributed by atoms with E-state index in [1.807, 2.05) is 23.6 Å². The zero-order chi connectivity index (χ0) is 18.0. The number of piperidine rings is 1. The van der Waals surface area contributed by atoms with Crippen LogP contribution in [-0.4, -0.2) is 27.5 Å². The van der Waals surface area contributed by atoms with Crippen molar-refractivity contribution < 1.29 is 0 Å². The summed E-state index contributed by atoms with van der Waals surface area (Å²) in [5.74, 6) is 1.62. The average molecular weight is 362 g/mol. The molecule has 1 aromatic heterocycles. The molecule has 0 amide bonds. The highest BCUT2D eigenvalue weighted by molar-refractivity contribution is 6.31. The van der Waals surface area contributed by atoms with Crippen molar-refractivity contribution in [1.29, 1.82) is 0 Å². The quantitative estimate of drug-likeness (QED) is 0.778. The number of hydrogen-bond acceptors (Lipinski definition) is 3. The predicted octanol–water partition coefficient (Wildman–Crippen LogP) is 4.64. The van der Waals surface area contributed by atoms with E-state index in [9.17, 15) is 4.79 Å². The lowest BCUT2D eigenvalue weighted by Gasteiger charge is -2.37. The molecule has 25 heavy (non-hydrogen) atoms. The fourth-order valence-electron chi connectivity index (χ4n) is 4.03. The maximum atomic E-state index is 13.0. The molecule has 0 radical (unpaired) electrons. The Kier molecular flexibility index (Phi) is 5.80. The number of rotatable bonds is 5. The van der Waals surface area contributed by atoms with Crippen molar-refractivity contribution in [1.82, 2.24) is 14.5 Å². The van der Waals surface area contributed by atoms with Crippen molar-refractivity contribution in [2.45, 2.75) is 59.0 Å². The van der Waals surface area contributed by atoms with E-state index in [1.165, 1.54) is 12.8 Å². The van der Waals surface area contributed by atoms with Crippen LogP contribution < -0.4 is 5.56 Å². The fourth-order valence-corrected chi connectivity index (χ4v) is 4.20. The van der Waals surface area contributed by atoms with E-state index in [4.69, 9.17) is 16.6 Å². The van der Waals surface area contributed by atoms with Crippen LogP contribution in [0.25, 0.3) is 10.9 Å². The summed E-state index contributed by atoms with van der Waals surface area (Å²) in [6.45, 7) is 9.35. The van der Waals surface area contributed by atoms with Gasteiger partial charge in [-0.3, -0.25) is 14.3 Å². The number of hydrogen-bond donors (Lipinski definition) is 0. The molecule has 1 aromatic carbocycles. The number of nitrogens with zero attached hydrogens (tertiary/aromatic N) is 3. The second kappa shape index (κ2) is 7.88. The van der Waals surface area contributed by atoms with Crippen molar-refractivity contribution in [3.05, 3.63) is 39.4 Å². The largest absolute Gasteiger partial charge is 0.295 e. The summed E-state index contributed by atoms with van der Waals surface area (Å²) in [6.07, 6.45) is 4.62. The van der Waals surface area contributed by atoms with E-state index in [1.54, 1.807) is 6.07 Å². The van der Waals surface area contributed by atoms with Gasteiger partial charge in [0.25, 0.3) is 5.56 Å². The Morgan fingerprint density at radius 2 is 2.16 bits per heavy atom. The van der Waals surface area contributed by atoms with E-state index in [2.05, 4.69) is 18.7 Å². The van der Waals surface area contributed by atoms with Crippen LogP contribution in [0.2, 0.25) is 5.02 Å². The molecule has 0 bridgehead atoms. The van der Waals surface area contributed by atoms with Gasteiger partial charge in [0.05, 0.1) is 16.9 Å². The summed E-state index contributed by atoms with van der Waals surface area (Å²) in [5.41, 5.74) is 0.774. The van der Waals surface area contributed by atoms with Gasteiger partial charge in [-0.15, -0.1) is 0 Å². The first-order valence-electron chi connectivity index (χ1n) is 9.49. The molecule has 0 aliphatic carbocycles. The predicted molar refractivity (Wildman–Crippen MR) is 104 cm³/mol. The Morgan fingerprint density at radius 3 is 2.84 bits per heavy atom. The second-order valence-electron chi connectivity index (χ2n) is 7.23. The minimum absolute atomic E-state index is 0.0242. The lowest BCUT2D eigenvalue weighted by molar-refractivity contribution is 0.115. The van der Waals surface area contributed by atoms with Crippen LogP contribution in [0.15, 0.2) is 23.0 Å². The minimum atomic E-state index is 0.0242. The van der Waals surface area contributed by atoms with Crippen LogP contribution in [0.1, 0.15) is 58.3 Å². The first kappa shape index (κ1) is 18.4. The van der Waals surface area contributed by atoms with E-state index in [0.29, 0.717) is 22.9 Å².